The van der Waals surface area contributed by atoms with E-state index in [-0.39, 0.29) is 5.78 Å². The van der Waals surface area contributed by atoms with E-state index >= 15 is 0 Å². The number of halogens is 1. The summed E-state index contributed by atoms with van der Waals surface area (Å²) in [7, 11) is 0. The number of allylic oxidation sites excluding steroid dienone is 1. The summed E-state index contributed by atoms with van der Waals surface area (Å²) in [6, 6.07) is 6.85. The highest BCUT2D eigenvalue weighted by Gasteiger charge is 2.01. The van der Waals surface area contributed by atoms with Crippen LogP contribution in [0.2, 0.25) is 5.02 Å². The summed E-state index contributed by atoms with van der Waals surface area (Å²) in [5, 5.41) is 0.556. The molecule has 3 nitrogen and oxygen atoms in total. The van der Waals surface area contributed by atoms with Crippen LogP contribution in [0.3, 0.4) is 0 Å². The molecule has 0 fully saturated rings. The maximum atomic E-state index is 11.7. The molecule has 1 heterocycles. The first-order valence-corrected chi connectivity index (χ1v) is 5.10. The number of hydrogen-bond donors (Lipinski definition) is 1. The lowest BCUT2D eigenvalue weighted by Gasteiger charge is -1.95. The lowest BCUT2D eigenvalue weighted by atomic mass is 10.1. The van der Waals surface area contributed by atoms with Crippen LogP contribution in [0, 0.1) is 0 Å². The molecule has 16 heavy (non-hydrogen) atoms. The molecule has 2 aromatic rings. The molecule has 80 valence electrons. The highest BCUT2D eigenvalue weighted by molar-refractivity contribution is 6.31. The summed E-state index contributed by atoms with van der Waals surface area (Å²) in [6.45, 7) is 0. The Labute approximate surface area is 97.8 Å². The van der Waals surface area contributed by atoms with Crippen LogP contribution in [0.25, 0.3) is 6.08 Å². The van der Waals surface area contributed by atoms with Gasteiger partial charge in [-0.05, 0) is 24.3 Å². The molecule has 0 saturated carbocycles. The zero-order chi connectivity index (χ0) is 11.4. The van der Waals surface area contributed by atoms with E-state index in [1.165, 1.54) is 6.08 Å². The van der Waals surface area contributed by atoms with Crippen molar-refractivity contribution in [2.75, 3.05) is 0 Å². The number of ketones is 1. The Bertz CT molecular complexity index is 518. The molecule has 0 spiro atoms. The van der Waals surface area contributed by atoms with Gasteiger partial charge in [0.05, 0.1) is 18.2 Å². The summed E-state index contributed by atoms with van der Waals surface area (Å²) in [4.78, 5) is 18.4. The Morgan fingerprint density at radius 2 is 2.31 bits per heavy atom. The first kappa shape index (κ1) is 10.6. The SMILES string of the molecule is O=C(/C=C/c1cnc[nH]1)c1cccc(Cl)c1. The van der Waals surface area contributed by atoms with Gasteiger partial charge in [0.1, 0.15) is 0 Å². The zero-order valence-corrected chi connectivity index (χ0v) is 9.11. The molecule has 0 aliphatic rings. The lowest BCUT2D eigenvalue weighted by Crippen LogP contribution is -1.93. The second-order valence-corrected chi connectivity index (χ2v) is 3.65. The molecule has 1 aromatic heterocycles. The fourth-order valence-corrected chi connectivity index (χ4v) is 1.45. The minimum atomic E-state index is -0.0860. The number of benzene rings is 1. The van der Waals surface area contributed by atoms with Crippen LogP contribution in [-0.2, 0) is 0 Å². The van der Waals surface area contributed by atoms with Crippen LogP contribution in [0.1, 0.15) is 16.1 Å². The number of imidazole rings is 1. The average Bonchev–Trinajstić information content (AvgIpc) is 2.78. The largest absolute Gasteiger partial charge is 0.345 e. The van der Waals surface area contributed by atoms with E-state index < -0.39 is 0 Å². The molecule has 0 saturated heterocycles. The van der Waals surface area contributed by atoms with Crippen LogP contribution in [-0.4, -0.2) is 15.8 Å². The summed E-state index contributed by atoms with van der Waals surface area (Å²) >= 11 is 5.80. The van der Waals surface area contributed by atoms with Crippen molar-refractivity contribution >= 4 is 23.5 Å². The molecule has 1 aromatic carbocycles. The number of nitrogens with one attached hydrogen (secondary N) is 1. The lowest BCUT2D eigenvalue weighted by molar-refractivity contribution is 0.104. The number of hydrogen-bond acceptors (Lipinski definition) is 2. The van der Waals surface area contributed by atoms with Crippen molar-refractivity contribution in [3.05, 3.63) is 59.1 Å². The molecular formula is C12H9ClN2O. The Balaban J connectivity index is 2.15. The van der Waals surface area contributed by atoms with Crippen molar-refractivity contribution < 1.29 is 4.79 Å². The second kappa shape index (κ2) is 4.77. The third-order valence-electron chi connectivity index (χ3n) is 2.04. The van der Waals surface area contributed by atoms with Crippen molar-refractivity contribution in [1.29, 1.82) is 0 Å². The number of aromatic amines is 1. The number of carbonyl (C=O) groups is 1. The Kier molecular flexibility index (Phi) is 3.17. The van der Waals surface area contributed by atoms with Crippen molar-refractivity contribution in [2.24, 2.45) is 0 Å². The summed E-state index contributed by atoms with van der Waals surface area (Å²) in [5.41, 5.74) is 1.36. The highest BCUT2D eigenvalue weighted by atomic mass is 35.5. The number of H-pyrrole nitrogens is 1. The smallest absolute Gasteiger partial charge is 0.185 e. The quantitative estimate of drug-likeness (QED) is 0.653. The highest BCUT2D eigenvalue weighted by Crippen LogP contribution is 2.11. The first-order valence-electron chi connectivity index (χ1n) is 4.72. The van der Waals surface area contributed by atoms with Gasteiger partial charge in [0, 0.05) is 10.6 Å². The predicted octanol–water partition coefficient (Wildman–Crippen LogP) is 2.96. The number of carbonyl (C=O) groups excluding carboxylic acids is 1. The third kappa shape index (κ3) is 2.58. The maximum Gasteiger partial charge on any atom is 0.185 e. The molecule has 0 radical (unpaired) electrons. The molecule has 0 aliphatic heterocycles. The van der Waals surface area contributed by atoms with Crippen molar-refractivity contribution in [2.45, 2.75) is 0 Å². The van der Waals surface area contributed by atoms with Gasteiger partial charge in [-0.2, -0.15) is 0 Å². The molecule has 0 bridgehead atoms. The van der Waals surface area contributed by atoms with E-state index in [4.69, 9.17) is 11.6 Å². The van der Waals surface area contributed by atoms with Crippen molar-refractivity contribution in [3.63, 3.8) is 0 Å². The Morgan fingerprint density at radius 3 is 3.00 bits per heavy atom. The van der Waals surface area contributed by atoms with Gasteiger partial charge in [0.25, 0.3) is 0 Å². The number of aromatic nitrogens is 2. The minimum Gasteiger partial charge on any atom is -0.345 e. The summed E-state index contributed by atoms with van der Waals surface area (Å²) < 4.78 is 0. The van der Waals surface area contributed by atoms with Crippen molar-refractivity contribution in [1.82, 2.24) is 9.97 Å². The van der Waals surface area contributed by atoms with E-state index in [0.717, 1.165) is 5.69 Å². The molecule has 0 unspecified atom stereocenters. The maximum absolute atomic E-state index is 11.7. The molecule has 2 rings (SSSR count). The number of rotatable bonds is 3. The van der Waals surface area contributed by atoms with Crippen LogP contribution in [0.4, 0.5) is 0 Å². The van der Waals surface area contributed by atoms with Gasteiger partial charge in [0.15, 0.2) is 5.78 Å². The monoisotopic (exact) mass is 232 g/mol. The van der Waals surface area contributed by atoms with Gasteiger partial charge in [-0.25, -0.2) is 4.98 Å². The normalized spacial score (nSPS) is 10.8. The van der Waals surface area contributed by atoms with E-state index in [1.54, 1.807) is 42.9 Å². The van der Waals surface area contributed by atoms with Crippen molar-refractivity contribution in [3.8, 4) is 0 Å². The van der Waals surface area contributed by atoms with E-state index in [2.05, 4.69) is 9.97 Å². The first-order chi connectivity index (χ1) is 7.75. The third-order valence-corrected chi connectivity index (χ3v) is 2.28. The van der Waals surface area contributed by atoms with E-state index in [1.807, 2.05) is 0 Å². The minimum absolute atomic E-state index is 0.0860. The van der Waals surface area contributed by atoms with Crippen LogP contribution < -0.4 is 0 Å². The number of nitrogens with zero attached hydrogens (tertiary/aromatic N) is 1. The van der Waals surface area contributed by atoms with Crippen LogP contribution in [0.5, 0.6) is 0 Å². The Morgan fingerprint density at radius 1 is 1.44 bits per heavy atom. The van der Waals surface area contributed by atoms with Gasteiger partial charge in [-0.3, -0.25) is 4.79 Å². The molecule has 0 aliphatic carbocycles. The van der Waals surface area contributed by atoms with Crippen LogP contribution in [0.15, 0.2) is 42.9 Å². The Hall–Kier alpha value is -1.87. The van der Waals surface area contributed by atoms with E-state index in [9.17, 15) is 4.79 Å². The molecule has 0 atom stereocenters. The average molecular weight is 233 g/mol. The van der Waals surface area contributed by atoms with Gasteiger partial charge < -0.3 is 4.98 Å². The molecule has 1 N–H and O–H groups in total. The van der Waals surface area contributed by atoms with E-state index in [0.29, 0.717) is 10.6 Å². The topological polar surface area (TPSA) is 45.8 Å². The second-order valence-electron chi connectivity index (χ2n) is 3.21. The van der Waals surface area contributed by atoms with Crippen LogP contribution >= 0.6 is 11.6 Å². The summed E-state index contributed by atoms with van der Waals surface area (Å²) in [5.74, 6) is -0.0860. The molecular weight excluding hydrogens is 224 g/mol. The predicted molar refractivity (Wildman–Crippen MR) is 63.4 cm³/mol. The van der Waals surface area contributed by atoms with Gasteiger partial charge in [-0.1, -0.05) is 23.7 Å². The van der Waals surface area contributed by atoms with Gasteiger partial charge >= 0.3 is 0 Å². The molecule has 4 heteroatoms. The molecule has 0 amide bonds. The summed E-state index contributed by atoms with van der Waals surface area (Å²) in [6.07, 6.45) is 6.36. The standard InChI is InChI=1S/C12H9ClN2O/c13-10-3-1-2-9(6-10)12(16)5-4-11-7-14-8-15-11/h1-8H,(H,14,15)/b5-4+. The zero-order valence-electron chi connectivity index (χ0n) is 8.35. The fraction of sp³-hybridized carbons (Fsp3) is 0. The van der Waals surface area contributed by atoms with Gasteiger partial charge in [0.2, 0.25) is 0 Å². The van der Waals surface area contributed by atoms with Gasteiger partial charge in [-0.15, -0.1) is 0 Å². The fourth-order valence-electron chi connectivity index (χ4n) is 1.26.